The molecule has 5 nitrogen and oxygen atoms in total. The average molecular weight is 427 g/mol. The van der Waals surface area contributed by atoms with E-state index in [4.69, 9.17) is 9.47 Å². The first-order valence-electron chi connectivity index (χ1n) is 8.11. The normalized spacial score (nSPS) is 19.5. The van der Waals surface area contributed by atoms with Gasteiger partial charge in [0.15, 0.2) is 5.96 Å². The van der Waals surface area contributed by atoms with Gasteiger partial charge in [0.2, 0.25) is 0 Å². The van der Waals surface area contributed by atoms with Gasteiger partial charge in [-0.25, -0.2) is 0 Å². The molecular formula is C16H34IN3O2. The van der Waals surface area contributed by atoms with E-state index >= 15 is 0 Å². The van der Waals surface area contributed by atoms with Crippen LogP contribution in [0, 0.1) is 5.92 Å². The molecule has 1 atom stereocenters. The van der Waals surface area contributed by atoms with E-state index in [0.717, 1.165) is 50.9 Å². The van der Waals surface area contributed by atoms with Gasteiger partial charge in [-0.05, 0) is 25.7 Å². The number of methoxy groups -OCH3 is 1. The SMILES string of the molecule is CN=C(NCC1(OC)CCOCC1)NC(C)CCC(C)C.I. The van der Waals surface area contributed by atoms with Crippen molar-refractivity contribution >= 4 is 29.9 Å². The van der Waals surface area contributed by atoms with Gasteiger partial charge in [0.25, 0.3) is 0 Å². The monoisotopic (exact) mass is 427 g/mol. The van der Waals surface area contributed by atoms with Crippen LogP contribution in [0.4, 0.5) is 0 Å². The maximum atomic E-state index is 5.73. The van der Waals surface area contributed by atoms with Gasteiger partial charge in [-0.15, -0.1) is 24.0 Å². The fourth-order valence-corrected chi connectivity index (χ4v) is 2.52. The largest absolute Gasteiger partial charge is 0.381 e. The second-order valence-corrected chi connectivity index (χ2v) is 6.44. The minimum Gasteiger partial charge on any atom is -0.381 e. The quantitative estimate of drug-likeness (QED) is 0.373. The van der Waals surface area contributed by atoms with Gasteiger partial charge >= 0.3 is 0 Å². The van der Waals surface area contributed by atoms with Crippen LogP contribution >= 0.6 is 24.0 Å². The summed E-state index contributed by atoms with van der Waals surface area (Å²) in [6.45, 7) is 9.03. The Morgan fingerprint density at radius 2 is 1.86 bits per heavy atom. The van der Waals surface area contributed by atoms with Gasteiger partial charge in [0.05, 0.1) is 5.60 Å². The van der Waals surface area contributed by atoms with Crippen molar-refractivity contribution in [2.24, 2.45) is 10.9 Å². The van der Waals surface area contributed by atoms with Crippen molar-refractivity contribution in [3.05, 3.63) is 0 Å². The topological polar surface area (TPSA) is 54.9 Å². The molecule has 1 saturated heterocycles. The smallest absolute Gasteiger partial charge is 0.191 e. The van der Waals surface area contributed by atoms with Crippen LogP contribution < -0.4 is 10.6 Å². The van der Waals surface area contributed by atoms with Crippen LogP contribution in [0.3, 0.4) is 0 Å². The average Bonchev–Trinajstić information content (AvgIpc) is 2.50. The molecule has 0 aromatic heterocycles. The molecule has 1 unspecified atom stereocenters. The molecule has 1 heterocycles. The Kier molecular flexibility index (Phi) is 11.4. The van der Waals surface area contributed by atoms with E-state index in [1.165, 1.54) is 6.42 Å². The van der Waals surface area contributed by atoms with Gasteiger partial charge in [-0.2, -0.15) is 0 Å². The lowest BCUT2D eigenvalue weighted by atomic mass is 9.94. The molecule has 1 aliphatic heterocycles. The number of nitrogens with zero attached hydrogens (tertiary/aromatic N) is 1. The summed E-state index contributed by atoms with van der Waals surface area (Å²) in [5.41, 5.74) is -0.128. The minimum atomic E-state index is -0.128. The molecule has 0 aliphatic carbocycles. The lowest BCUT2D eigenvalue weighted by Crippen LogP contribution is -2.52. The molecular weight excluding hydrogens is 393 g/mol. The second kappa shape index (κ2) is 11.5. The van der Waals surface area contributed by atoms with Crippen molar-refractivity contribution in [1.29, 1.82) is 0 Å². The first kappa shape index (κ1) is 21.9. The zero-order chi connectivity index (χ0) is 15.7. The molecule has 0 aromatic rings. The predicted molar refractivity (Wildman–Crippen MR) is 103 cm³/mol. The summed E-state index contributed by atoms with van der Waals surface area (Å²) in [6, 6.07) is 0.423. The molecule has 132 valence electrons. The molecule has 0 saturated carbocycles. The molecule has 6 heteroatoms. The highest BCUT2D eigenvalue weighted by Gasteiger charge is 2.32. The lowest BCUT2D eigenvalue weighted by Gasteiger charge is -2.36. The third kappa shape index (κ3) is 7.97. The van der Waals surface area contributed by atoms with Gasteiger partial charge < -0.3 is 20.1 Å². The molecule has 1 fully saturated rings. The van der Waals surface area contributed by atoms with Crippen LogP contribution in [0.1, 0.15) is 46.5 Å². The van der Waals surface area contributed by atoms with E-state index < -0.39 is 0 Å². The van der Waals surface area contributed by atoms with Crippen molar-refractivity contribution in [3.8, 4) is 0 Å². The maximum absolute atomic E-state index is 5.73. The Hall–Kier alpha value is -0.0800. The summed E-state index contributed by atoms with van der Waals surface area (Å²) in [5.74, 6) is 1.59. The van der Waals surface area contributed by atoms with Crippen LogP contribution in [-0.4, -0.2) is 51.5 Å². The summed E-state index contributed by atoms with van der Waals surface area (Å²) in [6.07, 6.45) is 4.24. The zero-order valence-corrected chi connectivity index (χ0v) is 17.1. The van der Waals surface area contributed by atoms with Crippen LogP contribution in [0.5, 0.6) is 0 Å². The Labute approximate surface area is 153 Å². The van der Waals surface area contributed by atoms with Gasteiger partial charge in [0, 0.05) is 52.8 Å². The summed E-state index contributed by atoms with van der Waals surface area (Å²) in [4.78, 5) is 4.31. The Morgan fingerprint density at radius 1 is 1.23 bits per heavy atom. The van der Waals surface area contributed by atoms with E-state index in [-0.39, 0.29) is 29.6 Å². The highest BCUT2D eigenvalue weighted by Crippen LogP contribution is 2.23. The minimum absolute atomic E-state index is 0. The third-order valence-corrected chi connectivity index (χ3v) is 4.20. The van der Waals surface area contributed by atoms with Crippen LogP contribution in [-0.2, 0) is 9.47 Å². The number of hydrogen-bond donors (Lipinski definition) is 2. The number of ether oxygens (including phenoxy) is 2. The molecule has 0 amide bonds. The number of rotatable bonds is 7. The van der Waals surface area contributed by atoms with Crippen LogP contribution in [0.2, 0.25) is 0 Å². The molecule has 0 spiro atoms. The predicted octanol–water partition coefficient (Wildman–Crippen LogP) is 2.79. The first-order valence-corrected chi connectivity index (χ1v) is 8.11. The van der Waals surface area contributed by atoms with Crippen molar-refractivity contribution in [3.63, 3.8) is 0 Å². The molecule has 0 radical (unpaired) electrons. The highest BCUT2D eigenvalue weighted by molar-refractivity contribution is 14.0. The zero-order valence-electron chi connectivity index (χ0n) is 14.8. The molecule has 0 bridgehead atoms. The van der Waals surface area contributed by atoms with Crippen LogP contribution in [0.15, 0.2) is 4.99 Å². The van der Waals surface area contributed by atoms with Crippen molar-refractivity contribution in [2.45, 2.75) is 58.1 Å². The van der Waals surface area contributed by atoms with E-state index in [0.29, 0.717) is 6.04 Å². The maximum Gasteiger partial charge on any atom is 0.191 e. The van der Waals surface area contributed by atoms with Crippen LogP contribution in [0.25, 0.3) is 0 Å². The third-order valence-electron chi connectivity index (χ3n) is 4.20. The van der Waals surface area contributed by atoms with Crippen molar-refractivity contribution in [1.82, 2.24) is 10.6 Å². The number of hydrogen-bond acceptors (Lipinski definition) is 3. The highest BCUT2D eigenvalue weighted by atomic mass is 127. The summed E-state index contributed by atoms with van der Waals surface area (Å²) in [5, 5.41) is 6.86. The molecule has 0 aromatic carbocycles. The van der Waals surface area contributed by atoms with E-state index in [2.05, 4.69) is 36.4 Å². The molecule has 22 heavy (non-hydrogen) atoms. The molecule has 1 aliphatic rings. The first-order chi connectivity index (χ1) is 10.0. The van der Waals surface area contributed by atoms with E-state index in [1.807, 2.05) is 7.05 Å². The summed E-state index contributed by atoms with van der Waals surface area (Å²) < 4.78 is 11.2. The van der Waals surface area contributed by atoms with Gasteiger partial charge in [-0.3, -0.25) is 4.99 Å². The fourth-order valence-electron chi connectivity index (χ4n) is 2.52. The van der Waals surface area contributed by atoms with Gasteiger partial charge in [0.1, 0.15) is 0 Å². The molecule has 1 rings (SSSR count). The van der Waals surface area contributed by atoms with E-state index in [1.54, 1.807) is 7.11 Å². The van der Waals surface area contributed by atoms with Crippen molar-refractivity contribution < 1.29 is 9.47 Å². The van der Waals surface area contributed by atoms with Crippen molar-refractivity contribution in [2.75, 3.05) is 33.9 Å². The number of nitrogens with one attached hydrogen (secondary N) is 2. The van der Waals surface area contributed by atoms with Gasteiger partial charge in [-0.1, -0.05) is 13.8 Å². The van der Waals surface area contributed by atoms with E-state index in [9.17, 15) is 0 Å². The fraction of sp³-hybridized carbons (Fsp3) is 0.938. The lowest BCUT2D eigenvalue weighted by molar-refractivity contribution is -0.0855. The summed E-state index contributed by atoms with van der Waals surface area (Å²) in [7, 11) is 3.60. The Morgan fingerprint density at radius 3 is 2.36 bits per heavy atom. The summed E-state index contributed by atoms with van der Waals surface area (Å²) >= 11 is 0. The number of halogens is 1. The number of aliphatic imine (C=N–C) groups is 1. The number of guanidine groups is 1. The molecule has 2 N–H and O–H groups in total. The Balaban J connectivity index is 0.00000441. The standard InChI is InChI=1S/C16H33N3O2.HI/c1-13(2)6-7-14(3)19-15(17-4)18-12-16(20-5)8-10-21-11-9-16;/h13-14H,6-12H2,1-5H3,(H2,17,18,19);1H. The Bertz CT molecular complexity index is 319. The second-order valence-electron chi connectivity index (χ2n) is 6.44.